The maximum atomic E-state index is 6.04. The Morgan fingerprint density at radius 1 is 1.12 bits per heavy atom. The molecule has 0 bridgehead atoms. The second kappa shape index (κ2) is 6.66. The Morgan fingerprint density at radius 3 is 2.64 bits per heavy atom. The lowest BCUT2D eigenvalue weighted by Gasteiger charge is -2.09. The van der Waals surface area contributed by atoms with Crippen LogP contribution in [0.15, 0.2) is 61.3 Å². The quantitative estimate of drug-likeness (QED) is 0.545. The van der Waals surface area contributed by atoms with E-state index in [4.69, 9.17) is 11.6 Å². The Balaban J connectivity index is 1.58. The van der Waals surface area contributed by atoms with Crippen LogP contribution >= 0.6 is 22.9 Å². The zero-order chi connectivity index (χ0) is 17.2. The summed E-state index contributed by atoms with van der Waals surface area (Å²) in [6.07, 6.45) is 7.25. The third kappa shape index (κ3) is 3.40. The van der Waals surface area contributed by atoms with Gasteiger partial charge in [-0.2, -0.15) is 0 Å². The zero-order valence-electron chi connectivity index (χ0n) is 13.3. The molecule has 0 aliphatic rings. The van der Waals surface area contributed by atoms with Crippen LogP contribution in [0.1, 0.15) is 5.56 Å². The number of nitrogens with zero attached hydrogens (tertiary/aromatic N) is 4. The molecule has 0 unspecified atom stereocenters. The minimum absolute atomic E-state index is 0.556. The van der Waals surface area contributed by atoms with Crippen molar-refractivity contribution in [3.05, 3.63) is 71.2 Å². The minimum atomic E-state index is 0.556. The first-order valence-corrected chi connectivity index (χ1v) is 8.83. The molecular formula is C18H14ClN5S. The lowest BCUT2D eigenvalue weighted by molar-refractivity contribution is 1.06. The van der Waals surface area contributed by atoms with Gasteiger partial charge in [-0.15, -0.1) is 11.3 Å². The van der Waals surface area contributed by atoms with Crippen LogP contribution in [-0.2, 0) is 0 Å². The fourth-order valence-electron chi connectivity index (χ4n) is 2.45. The van der Waals surface area contributed by atoms with E-state index >= 15 is 0 Å². The van der Waals surface area contributed by atoms with Gasteiger partial charge in [0.05, 0.1) is 21.2 Å². The van der Waals surface area contributed by atoms with Gasteiger partial charge in [0.25, 0.3) is 0 Å². The molecule has 0 aliphatic carbocycles. The molecule has 124 valence electrons. The van der Waals surface area contributed by atoms with E-state index in [-0.39, 0.29) is 0 Å². The van der Waals surface area contributed by atoms with E-state index in [1.807, 2.05) is 60.3 Å². The molecule has 4 rings (SSSR count). The van der Waals surface area contributed by atoms with Gasteiger partial charge in [0.1, 0.15) is 0 Å². The number of imidazole rings is 1. The van der Waals surface area contributed by atoms with E-state index in [0.29, 0.717) is 5.95 Å². The number of halogens is 1. The lowest BCUT2D eigenvalue weighted by atomic mass is 10.2. The monoisotopic (exact) mass is 367 g/mol. The maximum Gasteiger partial charge on any atom is 0.227 e. The maximum absolute atomic E-state index is 6.04. The highest BCUT2D eigenvalue weighted by molar-refractivity contribution is 7.19. The SMILES string of the molecule is Cc1cnc(Nc2ccc(-n3ccnc3)cc2)nc1-c1ccc(Cl)s1. The highest BCUT2D eigenvalue weighted by Crippen LogP contribution is 2.32. The van der Waals surface area contributed by atoms with Crippen LogP contribution in [0.25, 0.3) is 16.3 Å². The van der Waals surface area contributed by atoms with E-state index in [2.05, 4.69) is 20.3 Å². The van der Waals surface area contributed by atoms with Gasteiger partial charge in [0.15, 0.2) is 0 Å². The summed E-state index contributed by atoms with van der Waals surface area (Å²) in [6.45, 7) is 1.99. The van der Waals surface area contributed by atoms with Crippen molar-refractivity contribution in [1.82, 2.24) is 19.5 Å². The number of benzene rings is 1. The Hall–Kier alpha value is -2.70. The van der Waals surface area contributed by atoms with Crippen LogP contribution in [0.3, 0.4) is 0 Å². The third-order valence-electron chi connectivity index (χ3n) is 3.70. The summed E-state index contributed by atoms with van der Waals surface area (Å²) in [5, 5.41) is 3.25. The first-order chi connectivity index (χ1) is 12.2. The van der Waals surface area contributed by atoms with E-state index in [0.717, 1.165) is 31.8 Å². The van der Waals surface area contributed by atoms with Crippen molar-refractivity contribution in [3.8, 4) is 16.3 Å². The molecule has 3 heterocycles. The van der Waals surface area contributed by atoms with E-state index in [1.54, 1.807) is 12.5 Å². The minimum Gasteiger partial charge on any atom is -0.324 e. The van der Waals surface area contributed by atoms with Crippen LogP contribution in [-0.4, -0.2) is 19.5 Å². The topological polar surface area (TPSA) is 55.6 Å². The summed E-state index contributed by atoms with van der Waals surface area (Å²) >= 11 is 7.55. The van der Waals surface area contributed by atoms with Gasteiger partial charge < -0.3 is 9.88 Å². The first kappa shape index (κ1) is 15.8. The first-order valence-electron chi connectivity index (χ1n) is 7.64. The highest BCUT2D eigenvalue weighted by atomic mass is 35.5. The zero-order valence-corrected chi connectivity index (χ0v) is 14.9. The molecule has 0 fully saturated rings. The predicted octanol–water partition coefficient (Wildman–Crippen LogP) is 5.10. The Morgan fingerprint density at radius 2 is 1.96 bits per heavy atom. The molecule has 0 saturated carbocycles. The van der Waals surface area contributed by atoms with E-state index < -0.39 is 0 Å². The summed E-state index contributed by atoms with van der Waals surface area (Å²) in [6, 6.07) is 11.9. The molecule has 0 spiro atoms. The number of nitrogens with one attached hydrogen (secondary N) is 1. The number of rotatable bonds is 4. The van der Waals surface area contributed by atoms with Crippen molar-refractivity contribution in [2.45, 2.75) is 6.92 Å². The largest absolute Gasteiger partial charge is 0.324 e. The molecule has 0 saturated heterocycles. The van der Waals surface area contributed by atoms with Crippen molar-refractivity contribution in [2.75, 3.05) is 5.32 Å². The van der Waals surface area contributed by atoms with Crippen molar-refractivity contribution in [1.29, 1.82) is 0 Å². The number of hydrogen-bond acceptors (Lipinski definition) is 5. The Kier molecular flexibility index (Phi) is 4.21. The van der Waals surface area contributed by atoms with Gasteiger partial charge in [-0.3, -0.25) is 0 Å². The molecule has 4 aromatic rings. The Labute approximate surface area is 154 Å². The van der Waals surface area contributed by atoms with Gasteiger partial charge in [-0.25, -0.2) is 15.0 Å². The summed E-state index contributed by atoms with van der Waals surface area (Å²) in [7, 11) is 0. The molecule has 3 aromatic heterocycles. The average molecular weight is 368 g/mol. The van der Waals surface area contributed by atoms with Gasteiger partial charge in [0, 0.05) is 30.0 Å². The van der Waals surface area contributed by atoms with Crippen LogP contribution in [0, 0.1) is 6.92 Å². The van der Waals surface area contributed by atoms with Gasteiger partial charge in [-0.05, 0) is 48.9 Å². The van der Waals surface area contributed by atoms with Crippen molar-refractivity contribution in [2.24, 2.45) is 0 Å². The highest BCUT2D eigenvalue weighted by Gasteiger charge is 2.09. The van der Waals surface area contributed by atoms with Crippen LogP contribution in [0.5, 0.6) is 0 Å². The normalized spacial score (nSPS) is 10.8. The van der Waals surface area contributed by atoms with E-state index in [1.165, 1.54) is 11.3 Å². The summed E-state index contributed by atoms with van der Waals surface area (Å²) in [5.41, 5.74) is 3.87. The third-order valence-corrected chi connectivity index (χ3v) is 4.94. The van der Waals surface area contributed by atoms with Gasteiger partial charge >= 0.3 is 0 Å². The van der Waals surface area contributed by atoms with Crippen molar-refractivity contribution < 1.29 is 0 Å². The van der Waals surface area contributed by atoms with Crippen molar-refractivity contribution >= 4 is 34.6 Å². The summed E-state index contributed by atoms with van der Waals surface area (Å²) < 4.78 is 2.70. The Bertz CT molecular complexity index is 993. The number of thiophene rings is 1. The molecule has 0 atom stereocenters. The average Bonchev–Trinajstić information content (AvgIpc) is 3.29. The number of aromatic nitrogens is 4. The molecule has 0 radical (unpaired) electrons. The van der Waals surface area contributed by atoms with Crippen molar-refractivity contribution in [3.63, 3.8) is 0 Å². The molecule has 1 N–H and O–H groups in total. The van der Waals surface area contributed by atoms with Crippen LogP contribution < -0.4 is 5.32 Å². The van der Waals surface area contributed by atoms with Crippen LogP contribution in [0.4, 0.5) is 11.6 Å². The van der Waals surface area contributed by atoms with E-state index in [9.17, 15) is 0 Å². The summed E-state index contributed by atoms with van der Waals surface area (Å²) in [5.74, 6) is 0.556. The molecule has 25 heavy (non-hydrogen) atoms. The molecular weight excluding hydrogens is 354 g/mol. The number of anilines is 2. The summed E-state index contributed by atoms with van der Waals surface area (Å²) in [4.78, 5) is 14.1. The smallest absolute Gasteiger partial charge is 0.227 e. The molecule has 7 heteroatoms. The fourth-order valence-corrected chi connectivity index (χ4v) is 3.55. The standard InChI is InChI=1S/C18H14ClN5S/c1-12-10-21-18(23-17(12)15-6-7-16(19)25-15)22-13-2-4-14(5-3-13)24-9-8-20-11-24/h2-11H,1H3,(H,21,22,23). The molecule has 1 aromatic carbocycles. The lowest BCUT2D eigenvalue weighted by Crippen LogP contribution is -1.99. The fraction of sp³-hybridized carbons (Fsp3) is 0.0556. The molecule has 5 nitrogen and oxygen atoms in total. The second-order valence-electron chi connectivity index (χ2n) is 5.47. The van der Waals surface area contributed by atoms with Gasteiger partial charge in [0.2, 0.25) is 5.95 Å². The predicted molar refractivity (Wildman–Crippen MR) is 102 cm³/mol. The second-order valence-corrected chi connectivity index (χ2v) is 7.19. The number of aryl methyl sites for hydroxylation is 1. The molecule has 0 amide bonds. The van der Waals surface area contributed by atoms with Crippen LogP contribution in [0.2, 0.25) is 4.34 Å². The molecule has 0 aliphatic heterocycles. The van der Waals surface area contributed by atoms with Gasteiger partial charge in [-0.1, -0.05) is 11.6 Å². The number of hydrogen-bond donors (Lipinski definition) is 1.